The number of carbonyl (C=O) groups excluding carboxylic acids is 1. The van der Waals surface area contributed by atoms with Gasteiger partial charge in [0.05, 0.1) is 11.8 Å². The van der Waals surface area contributed by atoms with E-state index in [2.05, 4.69) is 33.1 Å². The molecular formula is C14H11IN2O2. The second kappa shape index (κ2) is 6.33. The SMILES string of the molecule is O=C(NN=Cc1ccc(O)cc1)c1ccccc1I. The van der Waals surface area contributed by atoms with E-state index >= 15 is 0 Å². The molecule has 0 atom stereocenters. The van der Waals surface area contributed by atoms with Gasteiger partial charge in [0.2, 0.25) is 0 Å². The molecule has 0 heterocycles. The molecule has 0 spiro atoms. The molecule has 0 unspecified atom stereocenters. The number of halogens is 1. The van der Waals surface area contributed by atoms with Gasteiger partial charge in [0, 0.05) is 3.57 Å². The average Bonchev–Trinajstić information content (AvgIpc) is 2.41. The Hall–Kier alpha value is -1.89. The first-order valence-electron chi connectivity index (χ1n) is 5.54. The third-order valence-electron chi connectivity index (χ3n) is 2.39. The number of hydrazone groups is 1. The predicted molar refractivity (Wildman–Crippen MR) is 82.3 cm³/mol. The number of nitrogens with one attached hydrogen (secondary N) is 1. The zero-order valence-electron chi connectivity index (χ0n) is 9.88. The molecule has 0 aliphatic heterocycles. The van der Waals surface area contributed by atoms with E-state index in [0.29, 0.717) is 5.56 Å². The number of phenolic OH excluding ortho intramolecular Hbond substituents is 1. The number of hydrogen-bond acceptors (Lipinski definition) is 3. The summed E-state index contributed by atoms with van der Waals surface area (Å²) < 4.78 is 0.873. The maximum absolute atomic E-state index is 11.8. The summed E-state index contributed by atoms with van der Waals surface area (Å²) in [5.74, 6) is -0.0555. The third-order valence-corrected chi connectivity index (χ3v) is 3.33. The molecular weight excluding hydrogens is 355 g/mol. The molecule has 96 valence electrons. The highest BCUT2D eigenvalue weighted by Gasteiger charge is 2.07. The lowest BCUT2D eigenvalue weighted by atomic mass is 10.2. The minimum atomic E-state index is -0.250. The first-order valence-corrected chi connectivity index (χ1v) is 6.61. The van der Waals surface area contributed by atoms with Crippen LogP contribution in [0.25, 0.3) is 0 Å². The molecule has 2 rings (SSSR count). The zero-order chi connectivity index (χ0) is 13.7. The van der Waals surface area contributed by atoms with Gasteiger partial charge in [-0.25, -0.2) is 5.43 Å². The van der Waals surface area contributed by atoms with Crippen molar-refractivity contribution in [3.05, 3.63) is 63.2 Å². The Bertz CT molecular complexity index is 609. The summed E-state index contributed by atoms with van der Waals surface area (Å²) in [6.07, 6.45) is 1.52. The number of hydrogen-bond donors (Lipinski definition) is 2. The first kappa shape index (κ1) is 13.5. The number of aromatic hydroxyl groups is 1. The third kappa shape index (κ3) is 3.78. The summed E-state index contributed by atoms with van der Waals surface area (Å²) in [5, 5.41) is 13.0. The van der Waals surface area contributed by atoms with Crippen molar-refractivity contribution in [2.75, 3.05) is 0 Å². The van der Waals surface area contributed by atoms with E-state index in [1.807, 2.05) is 12.1 Å². The van der Waals surface area contributed by atoms with Crippen molar-refractivity contribution in [3.8, 4) is 5.75 Å². The van der Waals surface area contributed by atoms with Gasteiger partial charge in [0.1, 0.15) is 5.75 Å². The predicted octanol–water partition coefficient (Wildman–Crippen LogP) is 2.76. The van der Waals surface area contributed by atoms with Crippen LogP contribution in [0, 0.1) is 3.57 Å². The maximum atomic E-state index is 11.8. The highest BCUT2D eigenvalue weighted by molar-refractivity contribution is 14.1. The second-order valence-electron chi connectivity index (χ2n) is 3.77. The fraction of sp³-hybridized carbons (Fsp3) is 0. The van der Waals surface area contributed by atoms with Crippen LogP contribution >= 0.6 is 22.6 Å². The van der Waals surface area contributed by atoms with Crippen LogP contribution in [0.1, 0.15) is 15.9 Å². The maximum Gasteiger partial charge on any atom is 0.272 e. The summed E-state index contributed by atoms with van der Waals surface area (Å²) in [5.41, 5.74) is 3.85. The normalized spacial score (nSPS) is 10.6. The van der Waals surface area contributed by atoms with Crippen LogP contribution < -0.4 is 5.43 Å². The van der Waals surface area contributed by atoms with Gasteiger partial charge in [-0.05, 0) is 64.6 Å². The molecule has 0 bridgehead atoms. The minimum Gasteiger partial charge on any atom is -0.508 e. The molecule has 0 aliphatic carbocycles. The molecule has 0 saturated carbocycles. The van der Waals surface area contributed by atoms with Crippen molar-refractivity contribution < 1.29 is 9.90 Å². The van der Waals surface area contributed by atoms with Crippen LogP contribution in [0.4, 0.5) is 0 Å². The van der Waals surface area contributed by atoms with Gasteiger partial charge in [-0.1, -0.05) is 12.1 Å². The molecule has 0 aromatic heterocycles. The fourth-order valence-electron chi connectivity index (χ4n) is 1.43. The van der Waals surface area contributed by atoms with E-state index in [0.717, 1.165) is 9.13 Å². The minimum absolute atomic E-state index is 0.194. The highest BCUT2D eigenvalue weighted by atomic mass is 127. The monoisotopic (exact) mass is 366 g/mol. The Balaban J connectivity index is 2.01. The van der Waals surface area contributed by atoms with Crippen molar-refractivity contribution in [2.24, 2.45) is 5.10 Å². The number of benzene rings is 2. The van der Waals surface area contributed by atoms with Crippen molar-refractivity contribution in [1.29, 1.82) is 0 Å². The number of amides is 1. The van der Waals surface area contributed by atoms with Crippen molar-refractivity contribution >= 4 is 34.7 Å². The van der Waals surface area contributed by atoms with E-state index in [1.54, 1.807) is 36.4 Å². The van der Waals surface area contributed by atoms with Gasteiger partial charge in [-0.15, -0.1) is 0 Å². The summed E-state index contributed by atoms with van der Waals surface area (Å²) >= 11 is 2.10. The number of rotatable bonds is 3. The summed E-state index contributed by atoms with van der Waals surface area (Å²) in [6.45, 7) is 0. The van der Waals surface area contributed by atoms with E-state index in [-0.39, 0.29) is 11.7 Å². The molecule has 0 aliphatic rings. The quantitative estimate of drug-likeness (QED) is 0.499. The summed E-state index contributed by atoms with van der Waals surface area (Å²) in [4.78, 5) is 11.8. The topological polar surface area (TPSA) is 61.7 Å². The van der Waals surface area contributed by atoms with Crippen LogP contribution in [0.5, 0.6) is 5.75 Å². The molecule has 1 amide bonds. The lowest BCUT2D eigenvalue weighted by Gasteiger charge is -2.01. The standard InChI is InChI=1S/C14H11IN2O2/c15-13-4-2-1-3-12(13)14(19)17-16-9-10-5-7-11(18)8-6-10/h1-9,18H,(H,17,19). The molecule has 5 heteroatoms. The molecule has 0 radical (unpaired) electrons. The Labute approximate surface area is 124 Å². The molecule has 0 saturated heterocycles. The summed E-state index contributed by atoms with van der Waals surface area (Å²) in [6, 6.07) is 13.8. The highest BCUT2D eigenvalue weighted by Crippen LogP contribution is 2.11. The molecule has 0 fully saturated rings. The lowest BCUT2D eigenvalue weighted by Crippen LogP contribution is -2.18. The van der Waals surface area contributed by atoms with Gasteiger partial charge in [0.25, 0.3) is 5.91 Å². The van der Waals surface area contributed by atoms with Gasteiger partial charge in [-0.2, -0.15) is 5.10 Å². The average molecular weight is 366 g/mol. The molecule has 19 heavy (non-hydrogen) atoms. The van der Waals surface area contributed by atoms with Crippen molar-refractivity contribution in [2.45, 2.75) is 0 Å². The van der Waals surface area contributed by atoms with E-state index in [9.17, 15) is 4.79 Å². The number of carbonyl (C=O) groups is 1. The van der Waals surface area contributed by atoms with E-state index in [1.165, 1.54) is 6.21 Å². The zero-order valence-corrected chi connectivity index (χ0v) is 12.0. The summed E-state index contributed by atoms with van der Waals surface area (Å²) in [7, 11) is 0. The van der Waals surface area contributed by atoms with E-state index in [4.69, 9.17) is 5.11 Å². The van der Waals surface area contributed by atoms with Crippen molar-refractivity contribution in [1.82, 2.24) is 5.43 Å². The van der Waals surface area contributed by atoms with Gasteiger partial charge >= 0.3 is 0 Å². The van der Waals surface area contributed by atoms with Gasteiger partial charge in [0.15, 0.2) is 0 Å². The molecule has 2 aromatic carbocycles. The molecule has 4 nitrogen and oxygen atoms in total. The Morgan fingerprint density at radius 1 is 1.16 bits per heavy atom. The smallest absolute Gasteiger partial charge is 0.272 e. The Kier molecular flexibility index (Phi) is 4.51. The molecule has 2 N–H and O–H groups in total. The Morgan fingerprint density at radius 3 is 2.53 bits per heavy atom. The van der Waals surface area contributed by atoms with Crippen LogP contribution in [0.15, 0.2) is 53.6 Å². The van der Waals surface area contributed by atoms with Crippen LogP contribution in [0.2, 0.25) is 0 Å². The van der Waals surface area contributed by atoms with E-state index < -0.39 is 0 Å². The Morgan fingerprint density at radius 2 is 1.84 bits per heavy atom. The van der Waals surface area contributed by atoms with Crippen LogP contribution in [0.3, 0.4) is 0 Å². The largest absolute Gasteiger partial charge is 0.508 e. The fourth-order valence-corrected chi connectivity index (χ4v) is 2.06. The second-order valence-corrected chi connectivity index (χ2v) is 4.93. The van der Waals surface area contributed by atoms with Gasteiger partial charge in [-0.3, -0.25) is 4.79 Å². The lowest BCUT2D eigenvalue weighted by molar-refractivity contribution is 0.0954. The van der Waals surface area contributed by atoms with Crippen molar-refractivity contribution in [3.63, 3.8) is 0 Å². The number of phenols is 1. The van der Waals surface area contributed by atoms with Crippen LogP contribution in [-0.2, 0) is 0 Å². The number of nitrogens with zero attached hydrogens (tertiary/aromatic N) is 1. The van der Waals surface area contributed by atoms with Crippen LogP contribution in [-0.4, -0.2) is 17.2 Å². The molecule has 2 aromatic rings. The first-order chi connectivity index (χ1) is 9.16. The van der Waals surface area contributed by atoms with Gasteiger partial charge < -0.3 is 5.11 Å².